The van der Waals surface area contributed by atoms with Crippen LogP contribution in [0.1, 0.15) is 24.1 Å². The van der Waals surface area contributed by atoms with Crippen LogP contribution in [0.5, 0.6) is 5.75 Å². The summed E-state index contributed by atoms with van der Waals surface area (Å²) in [5, 5.41) is 7.00. The molecule has 4 nitrogen and oxygen atoms in total. The Bertz CT molecular complexity index is 915. The van der Waals surface area contributed by atoms with Crippen LogP contribution in [0, 0.1) is 0 Å². The molecule has 3 aromatic rings. The fourth-order valence-electron chi connectivity index (χ4n) is 2.93. The number of hydrogen-bond donors (Lipinski definition) is 2. The summed E-state index contributed by atoms with van der Waals surface area (Å²) in [6, 6.07) is 24.1. The van der Waals surface area contributed by atoms with Gasteiger partial charge in [0.1, 0.15) is 11.8 Å². The van der Waals surface area contributed by atoms with E-state index in [0.29, 0.717) is 29.6 Å². The van der Waals surface area contributed by atoms with Gasteiger partial charge in [-0.05, 0) is 42.3 Å². The minimum atomic E-state index is -0.519. The van der Waals surface area contributed by atoms with Crippen molar-refractivity contribution < 1.29 is 9.53 Å². The first-order valence-electron chi connectivity index (χ1n) is 9.23. The third kappa shape index (κ3) is 5.35. The van der Waals surface area contributed by atoms with Gasteiger partial charge in [0.25, 0.3) is 0 Å². The highest BCUT2D eigenvalue weighted by molar-refractivity contribution is 6.30. The minimum absolute atomic E-state index is 0.152. The van der Waals surface area contributed by atoms with Crippen molar-refractivity contribution in [3.8, 4) is 5.75 Å². The molecule has 3 aromatic carbocycles. The number of halogens is 1. The highest BCUT2D eigenvalue weighted by Crippen LogP contribution is 2.25. The Hall–Kier alpha value is -2.82. The van der Waals surface area contributed by atoms with Crippen LogP contribution in [0.4, 0.5) is 5.69 Å². The zero-order chi connectivity index (χ0) is 19.8. The molecule has 5 heteroatoms. The number of carbonyl (C=O) groups excluding carboxylic acids is 1. The van der Waals surface area contributed by atoms with Crippen molar-refractivity contribution in [3.05, 3.63) is 95.0 Å². The van der Waals surface area contributed by atoms with E-state index in [4.69, 9.17) is 16.3 Å². The van der Waals surface area contributed by atoms with E-state index < -0.39 is 6.04 Å². The van der Waals surface area contributed by atoms with E-state index in [0.717, 1.165) is 11.1 Å². The van der Waals surface area contributed by atoms with E-state index in [9.17, 15) is 4.79 Å². The number of rotatable bonds is 8. The van der Waals surface area contributed by atoms with E-state index in [-0.39, 0.29) is 5.91 Å². The van der Waals surface area contributed by atoms with E-state index in [1.807, 2.05) is 85.8 Å². The van der Waals surface area contributed by atoms with Crippen molar-refractivity contribution in [2.45, 2.75) is 19.5 Å². The van der Waals surface area contributed by atoms with Crippen LogP contribution < -0.4 is 15.4 Å². The lowest BCUT2D eigenvalue weighted by Gasteiger charge is -2.20. The van der Waals surface area contributed by atoms with Crippen LogP contribution in [-0.2, 0) is 11.3 Å². The molecule has 0 fully saturated rings. The van der Waals surface area contributed by atoms with Crippen molar-refractivity contribution in [2.75, 3.05) is 11.9 Å². The summed E-state index contributed by atoms with van der Waals surface area (Å²) >= 11 is 6.07. The van der Waals surface area contributed by atoms with Crippen LogP contribution in [0.2, 0.25) is 5.02 Å². The predicted molar refractivity (Wildman–Crippen MR) is 114 cm³/mol. The molecule has 28 heavy (non-hydrogen) atoms. The maximum Gasteiger partial charge on any atom is 0.246 e. The molecule has 1 amide bonds. The fraction of sp³-hybridized carbons (Fsp3) is 0.174. The van der Waals surface area contributed by atoms with Crippen molar-refractivity contribution >= 4 is 23.2 Å². The quantitative estimate of drug-likeness (QED) is 0.551. The number of ether oxygens (including phenoxy) is 1. The number of carbonyl (C=O) groups is 1. The summed E-state index contributed by atoms with van der Waals surface area (Å²) in [6.07, 6.45) is 0. The van der Waals surface area contributed by atoms with Gasteiger partial charge < -0.3 is 10.1 Å². The summed E-state index contributed by atoms with van der Waals surface area (Å²) < 4.78 is 5.62. The Kier molecular flexibility index (Phi) is 7.06. The van der Waals surface area contributed by atoms with Gasteiger partial charge in [-0.2, -0.15) is 0 Å². The van der Waals surface area contributed by atoms with Gasteiger partial charge in [-0.1, -0.05) is 66.2 Å². The Morgan fingerprint density at radius 3 is 2.50 bits per heavy atom. The molecule has 0 aromatic heterocycles. The van der Waals surface area contributed by atoms with E-state index >= 15 is 0 Å². The molecular formula is C23H23ClN2O2. The highest BCUT2D eigenvalue weighted by atomic mass is 35.5. The lowest BCUT2D eigenvalue weighted by molar-refractivity contribution is -0.118. The molecule has 0 heterocycles. The lowest BCUT2D eigenvalue weighted by Crippen LogP contribution is -2.32. The van der Waals surface area contributed by atoms with Crippen molar-refractivity contribution in [1.29, 1.82) is 0 Å². The summed E-state index contributed by atoms with van der Waals surface area (Å²) in [5.74, 6) is 0.500. The molecule has 0 saturated heterocycles. The largest absolute Gasteiger partial charge is 0.492 e. The Balaban J connectivity index is 1.79. The van der Waals surface area contributed by atoms with Crippen molar-refractivity contribution in [3.63, 3.8) is 0 Å². The highest BCUT2D eigenvalue weighted by Gasteiger charge is 2.21. The number of anilines is 1. The zero-order valence-corrected chi connectivity index (χ0v) is 16.4. The van der Waals surface area contributed by atoms with E-state index in [1.54, 1.807) is 0 Å². The van der Waals surface area contributed by atoms with Crippen LogP contribution in [0.25, 0.3) is 0 Å². The molecule has 0 aliphatic heterocycles. The predicted octanol–water partition coefficient (Wildman–Crippen LogP) is 5.21. The van der Waals surface area contributed by atoms with Gasteiger partial charge in [-0.3, -0.25) is 10.1 Å². The molecular weight excluding hydrogens is 372 g/mol. The number of hydrogen-bond acceptors (Lipinski definition) is 3. The van der Waals surface area contributed by atoms with Gasteiger partial charge >= 0.3 is 0 Å². The summed E-state index contributed by atoms with van der Waals surface area (Å²) in [7, 11) is 0. The summed E-state index contributed by atoms with van der Waals surface area (Å²) in [4.78, 5) is 13.1. The first kappa shape index (κ1) is 19.9. The Morgan fingerprint density at radius 1 is 1.00 bits per heavy atom. The van der Waals surface area contributed by atoms with Crippen LogP contribution in [0.15, 0.2) is 78.9 Å². The molecule has 0 radical (unpaired) electrons. The average Bonchev–Trinajstić information content (AvgIpc) is 2.71. The van der Waals surface area contributed by atoms with Crippen LogP contribution in [0.3, 0.4) is 0 Å². The fourth-order valence-corrected chi connectivity index (χ4v) is 3.14. The molecule has 0 saturated carbocycles. The SMILES string of the molecule is CCOc1ccccc1NC(=O)[C@H](NCc1cccc(Cl)c1)c1ccccc1. The molecule has 0 unspecified atom stereocenters. The topological polar surface area (TPSA) is 50.4 Å². The van der Waals surface area contributed by atoms with Crippen molar-refractivity contribution in [1.82, 2.24) is 5.32 Å². The normalized spacial score (nSPS) is 11.6. The van der Waals surface area contributed by atoms with Gasteiger partial charge in [0.15, 0.2) is 0 Å². The average molecular weight is 395 g/mol. The second-order valence-electron chi connectivity index (χ2n) is 6.27. The summed E-state index contributed by atoms with van der Waals surface area (Å²) in [5.41, 5.74) is 2.55. The summed E-state index contributed by atoms with van der Waals surface area (Å²) in [6.45, 7) is 2.96. The van der Waals surface area contributed by atoms with Gasteiger partial charge in [-0.15, -0.1) is 0 Å². The molecule has 0 spiro atoms. The standard InChI is InChI=1S/C23H23ClN2O2/c1-2-28-21-14-7-6-13-20(21)26-23(27)22(18-10-4-3-5-11-18)25-16-17-9-8-12-19(24)15-17/h3-15,22,25H,2,16H2,1H3,(H,26,27)/t22-/m1/s1. The molecule has 144 valence electrons. The Labute approximate surface area is 170 Å². The molecule has 3 rings (SSSR count). The Morgan fingerprint density at radius 2 is 1.75 bits per heavy atom. The van der Waals surface area contributed by atoms with Crippen LogP contribution >= 0.6 is 11.6 Å². The van der Waals surface area contributed by atoms with Gasteiger partial charge in [0.2, 0.25) is 5.91 Å². The first-order chi connectivity index (χ1) is 13.7. The van der Waals surface area contributed by atoms with Crippen molar-refractivity contribution in [2.24, 2.45) is 0 Å². The van der Waals surface area contributed by atoms with Gasteiger partial charge in [-0.25, -0.2) is 0 Å². The molecule has 0 aliphatic carbocycles. The van der Waals surface area contributed by atoms with Gasteiger partial charge in [0.05, 0.1) is 12.3 Å². The zero-order valence-electron chi connectivity index (χ0n) is 15.7. The minimum Gasteiger partial charge on any atom is -0.492 e. The third-order valence-electron chi connectivity index (χ3n) is 4.24. The maximum atomic E-state index is 13.1. The second kappa shape index (κ2) is 9.93. The third-order valence-corrected chi connectivity index (χ3v) is 4.47. The molecule has 2 N–H and O–H groups in total. The number of para-hydroxylation sites is 2. The molecule has 1 atom stereocenters. The lowest BCUT2D eigenvalue weighted by atomic mass is 10.1. The molecule has 0 aliphatic rings. The second-order valence-corrected chi connectivity index (χ2v) is 6.71. The van der Waals surface area contributed by atoms with E-state index in [2.05, 4.69) is 10.6 Å². The smallest absolute Gasteiger partial charge is 0.246 e. The number of amides is 1. The van der Waals surface area contributed by atoms with E-state index in [1.165, 1.54) is 0 Å². The van der Waals surface area contributed by atoms with Crippen LogP contribution in [-0.4, -0.2) is 12.5 Å². The number of benzene rings is 3. The maximum absolute atomic E-state index is 13.1. The monoisotopic (exact) mass is 394 g/mol. The molecule has 0 bridgehead atoms. The first-order valence-corrected chi connectivity index (χ1v) is 9.60. The number of nitrogens with one attached hydrogen (secondary N) is 2. The van der Waals surface area contributed by atoms with Gasteiger partial charge in [0, 0.05) is 11.6 Å².